The maximum absolute atomic E-state index is 10.5. The molecule has 17 heavy (non-hydrogen) atoms. The number of hydrogen-bond acceptors (Lipinski definition) is 3. The molecular formula is C14H12N2O. The second-order valence-corrected chi connectivity index (χ2v) is 4.53. The Kier molecular flexibility index (Phi) is 2.27. The van der Waals surface area contributed by atoms with Crippen LogP contribution in [0.5, 0.6) is 0 Å². The Bertz CT molecular complexity index is 610. The number of isocyanates is 1. The van der Waals surface area contributed by atoms with Crippen LogP contribution >= 0.6 is 0 Å². The lowest BCUT2D eigenvalue weighted by Gasteiger charge is -2.37. The van der Waals surface area contributed by atoms with Crippen molar-refractivity contribution < 1.29 is 4.79 Å². The van der Waals surface area contributed by atoms with E-state index in [1.807, 2.05) is 12.3 Å². The first-order valence-corrected chi connectivity index (χ1v) is 5.77. The van der Waals surface area contributed by atoms with Crippen LogP contribution in [0.3, 0.4) is 0 Å². The molecule has 0 spiro atoms. The number of carbonyl (C=O) groups excluding carboxylic acids is 1. The summed E-state index contributed by atoms with van der Waals surface area (Å²) in [5, 5.41) is 2.26. The third-order valence-corrected chi connectivity index (χ3v) is 3.62. The third-order valence-electron chi connectivity index (χ3n) is 3.62. The highest BCUT2D eigenvalue weighted by molar-refractivity contribution is 5.82. The lowest BCUT2D eigenvalue weighted by molar-refractivity contribution is 0.256. The van der Waals surface area contributed by atoms with E-state index >= 15 is 0 Å². The summed E-state index contributed by atoms with van der Waals surface area (Å²) in [4.78, 5) is 18.7. The molecule has 0 unspecified atom stereocenters. The summed E-state index contributed by atoms with van der Waals surface area (Å²) >= 11 is 0. The normalized spacial score (nSPS) is 17.2. The first-order chi connectivity index (χ1) is 8.34. The Balaban J connectivity index is 2.14. The number of aromatic nitrogens is 1. The van der Waals surface area contributed by atoms with Gasteiger partial charge in [0.25, 0.3) is 0 Å². The highest BCUT2D eigenvalue weighted by Gasteiger charge is 2.38. The van der Waals surface area contributed by atoms with Gasteiger partial charge >= 0.3 is 0 Å². The molecule has 0 radical (unpaired) electrons. The second-order valence-electron chi connectivity index (χ2n) is 4.53. The highest BCUT2D eigenvalue weighted by Crippen LogP contribution is 2.45. The SMILES string of the molecule is O=C=NC1(c2ccc3ccncc3c2)CCC1. The summed E-state index contributed by atoms with van der Waals surface area (Å²) in [7, 11) is 0. The lowest BCUT2D eigenvalue weighted by Crippen LogP contribution is -2.31. The van der Waals surface area contributed by atoms with Gasteiger partial charge in [-0.2, -0.15) is 4.99 Å². The van der Waals surface area contributed by atoms with Crippen molar-refractivity contribution in [3.05, 3.63) is 42.2 Å². The zero-order valence-electron chi connectivity index (χ0n) is 9.39. The fraction of sp³-hybridized carbons (Fsp3) is 0.286. The van der Waals surface area contributed by atoms with E-state index in [1.54, 1.807) is 12.3 Å². The summed E-state index contributed by atoms with van der Waals surface area (Å²) in [6.45, 7) is 0. The summed E-state index contributed by atoms with van der Waals surface area (Å²) < 4.78 is 0. The van der Waals surface area contributed by atoms with Gasteiger partial charge in [-0.1, -0.05) is 12.1 Å². The van der Waals surface area contributed by atoms with Crippen molar-refractivity contribution in [2.24, 2.45) is 4.99 Å². The van der Waals surface area contributed by atoms with Gasteiger partial charge in [-0.05, 0) is 42.3 Å². The van der Waals surface area contributed by atoms with E-state index in [-0.39, 0.29) is 5.54 Å². The average molecular weight is 224 g/mol. The van der Waals surface area contributed by atoms with Gasteiger partial charge < -0.3 is 0 Å². The standard InChI is InChI=1S/C14H12N2O/c17-10-16-14(5-1-6-14)13-3-2-11-4-7-15-9-12(11)8-13/h2-4,7-9H,1,5-6H2. The van der Waals surface area contributed by atoms with Crippen LogP contribution in [0.25, 0.3) is 10.8 Å². The van der Waals surface area contributed by atoms with Crippen molar-refractivity contribution in [3.8, 4) is 0 Å². The topological polar surface area (TPSA) is 42.3 Å². The third kappa shape index (κ3) is 1.56. The average Bonchev–Trinajstić information content (AvgIpc) is 2.33. The predicted molar refractivity (Wildman–Crippen MR) is 65.4 cm³/mol. The molecule has 0 amide bonds. The predicted octanol–water partition coefficient (Wildman–Crippen LogP) is 2.95. The Labute approximate surface area is 99.2 Å². The zero-order valence-corrected chi connectivity index (χ0v) is 9.39. The zero-order chi connectivity index (χ0) is 11.7. The monoisotopic (exact) mass is 224 g/mol. The quantitative estimate of drug-likeness (QED) is 0.581. The van der Waals surface area contributed by atoms with E-state index in [0.29, 0.717) is 0 Å². The van der Waals surface area contributed by atoms with Crippen molar-refractivity contribution in [1.29, 1.82) is 0 Å². The lowest BCUT2D eigenvalue weighted by atomic mass is 9.72. The first kappa shape index (κ1) is 10.2. The van der Waals surface area contributed by atoms with Crippen molar-refractivity contribution in [2.75, 3.05) is 0 Å². The fourth-order valence-electron chi connectivity index (χ4n) is 2.44. The van der Waals surface area contributed by atoms with E-state index in [4.69, 9.17) is 0 Å². The van der Waals surface area contributed by atoms with Gasteiger partial charge in [0.1, 0.15) is 0 Å². The van der Waals surface area contributed by atoms with Crippen LogP contribution in [-0.4, -0.2) is 11.1 Å². The number of hydrogen-bond donors (Lipinski definition) is 0. The van der Waals surface area contributed by atoms with Gasteiger partial charge in [0.15, 0.2) is 0 Å². The van der Waals surface area contributed by atoms with Crippen LogP contribution in [0.1, 0.15) is 24.8 Å². The number of nitrogens with zero attached hydrogens (tertiary/aromatic N) is 2. The molecule has 0 aliphatic heterocycles. The molecule has 1 aromatic carbocycles. The minimum atomic E-state index is -0.314. The van der Waals surface area contributed by atoms with Crippen LogP contribution in [0.15, 0.2) is 41.7 Å². The molecule has 1 saturated carbocycles. The maximum atomic E-state index is 10.5. The molecule has 3 heteroatoms. The number of fused-ring (bicyclic) bond motifs is 1. The van der Waals surface area contributed by atoms with Gasteiger partial charge in [0, 0.05) is 17.8 Å². The molecule has 84 valence electrons. The van der Waals surface area contributed by atoms with E-state index in [2.05, 4.69) is 28.2 Å². The number of rotatable bonds is 2. The molecular weight excluding hydrogens is 212 g/mol. The van der Waals surface area contributed by atoms with Crippen molar-refractivity contribution in [2.45, 2.75) is 24.8 Å². The van der Waals surface area contributed by atoms with E-state index in [9.17, 15) is 4.79 Å². The molecule has 3 rings (SSSR count). The Morgan fingerprint density at radius 1 is 1.24 bits per heavy atom. The van der Waals surface area contributed by atoms with E-state index in [1.165, 1.54) is 0 Å². The Morgan fingerprint density at radius 2 is 2.12 bits per heavy atom. The van der Waals surface area contributed by atoms with Gasteiger partial charge in [-0.25, -0.2) is 4.79 Å². The molecule has 1 heterocycles. The summed E-state index contributed by atoms with van der Waals surface area (Å²) in [5.41, 5.74) is 0.791. The molecule has 3 nitrogen and oxygen atoms in total. The first-order valence-electron chi connectivity index (χ1n) is 5.77. The van der Waals surface area contributed by atoms with Gasteiger partial charge in [-0.15, -0.1) is 0 Å². The summed E-state index contributed by atoms with van der Waals surface area (Å²) in [5.74, 6) is 0. The largest absolute Gasteiger partial charge is 0.264 e. The number of benzene rings is 1. The van der Waals surface area contributed by atoms with Crippen molar-refractivity contribution >= 4 is 16.9 Å². The minimum Gasteiger partial charge on any atom is -0.264 e. The Hall–Kier alpha value is -1.99. The van der Waals surface area contributed by atoms with Crippen LogP contribution < -0.4 is 0 Å². The molecule has 0 saturated heterocycles. The minimum absolute atomic E-state index is 0.314. The van der Waals surface area contributed by atoms with Crippen LogP contribution in [0.2, 0.25) is 0 Å². The summed E-state index contributed by atoms with van der Waals surface area (Å²) in [6, 6.07) is 8.19. The van der Waals surface area contributed by atoms with Gasteiger partial charge in [0.2, 0.25) is 6.08 Å². The molecule has 1 aliphatic carbocycles. The smallest absolute Gasteiger partial charge is 0.235 e. The second kappa shape index (κ2) is 3.79. The molecule has 0 bridgehead atoms. The number of pyridine rings is 1. The van der Waals surface area contributed by atoms with E-state index in [0.717, 1.165) is 35.6 Å². The van der Waals surface area contributed by atoms with Crippen molar-refractivity contribution in [3.63, 3.8) is 0 Å². The molecule has 2 aromatic rings. The van der Waals surface area contributed by atoms with Gasteiger partial charge in [0.05, 0.1) is 5.54 Å². The van der Waals surface area contributed by atoms with Crippen LogP contribution in [0, 0.1) is 0 Å². The van der Waals surface area contributed by atoms with Crippen LogP contribution in [0.4, 0.5) is 0 Å². The molecule has 1 aromatic heterocycles. The molecule has 1 fully saturated rings. The molecule has 0 atom stereocenters. The Morgan fingerprint density at radius 3 is 2.82 bits per heavy atom. The maximum Gasteiger partial charge on any atom is 0.235 e. The fourth-order valence-corrected chi connectivity index (χ4v) is 2.44. The summed E-state index contributed by atoms with van der Waals surface area (Å²) in [6.07, 6.45) is 8.34. The number of aliphatic imine (C=N–C) groups is 1. The molecule has 1 aliphatic rings. The highest BCUT2D eigenvalue weighted by atomic mass is 16.1. The van der Waals surface area contributed by atoms with Crippen LogP contribution in [-0.2, 0) is 10.3 Å². The van der Waals surface area contributed by atoms with Crippen molar-refractivity contribution in [1.82, 2.24) is 4.98 Å². The molecule has 0 N–H and O–H groups in total. The van der Waals surface area contributed by atoms with E-state index < -0.39 is 0 Å². The van der Waals surface area contributed by atoms with Gasteiger partial charge in [-0.3, -0.25) is 4.98 Å².